The summed E-state index contributed by atoms with van der Waals surface area (Å²) in [4.78, 5) is 13.0. The van der Waals surface area contributed by atoms with Gasteiger partial charge in [-0.3, -0.25) is 4.79 Å². The standard InChI is InChI=1S/C47H88O14/c1-3-5-7-9-11-13-15-17-18-19-20-22-24-26-28-30-39(49)59-36(33-56-31-29-27-25-23-21-16-14-12-10-8-6-4-2)34-57-46-45(55)43(53)41(51)38(61-46)35-58-47-44(54)42(52)40(50)37(32-48)60-47/h17-18,36-38,40-48,50-55H,3-16,19-35H2,1-2H3/b18-17-. The molecule has 2 aliphatic rings. The van der Waals surface area contributed by atoms with E-state index in [1.54, 1.807) is 0 Å². The van der Waals surface area contributed by atoms with Crippen molar-refractivity contribution in [1.82, 2.24) is 0 Å². The number of esters is 1. The molecule has 0 spiro atoms. The van der Waals surface area contributed by atoms with E-state index in [1.807, 2.05) is 0 Å². The third kappa shape index (κ3) is 24.6. The molecule has 2 aliphatic heterocycles. The minimum atomic E-state index is -1.70. The van der Waals surface area contributed by atoms with Crippen molar-refractivity contribution >= 4 is 5.97 Å². The summed E-state index contributed by atoms with van der Waals surface area (Å²) in [5.41, 5.74) is 0. The number of aliphatic hydroxyl groups is 7. The molecule has 0 saturated carbocycles. The van der Waals surface area contributed by atoms with Crippen molar-refractivity contribution in [2.24, 2.45) is 0 Å². The van der Waals surface area contributed by atoms with Crippen molar-refractivity contribution in [3.8, 4) is 0 Å². The van der Waals surface area contributed by atoms with Crippen LogP contribution in [-0.4, -0.2) is 142 Å². The van der Waals surface area contributed by atoms with Crippen LogP contribution >= 0.6 is 0 Å². The first-order valence-electron chi connectivity index (χ1n) is 24.3. The number of aliphatic hydroxyl groups excluding tert-OH is 7. The van der Waals surface area contributed by atoms with Gasteiger partial charge in [0.1, 0.15) is 54.9 Å². The number of hydrogen-bond acceptors (Lipinski definition) is 14. The Hall–Kier alpha value is -1.27. The molecule has 7 N–H and O–H groups in total. The average molecular weight is 877 g/mol. The van der Waals surface area contributed by atoms with E-state index in [0.717, 1.165) is 57.8 Å². The van der Waals surface area contributed by atoms with Crippen molar-refractivity contribution in [2.75, 3.05) is 33.0 Å². The first kappa shape index (κ1) is 55.9. The Morgan fingerprint density at radius 3 is 1.49 bits per heavy atom. The largest absolute Gasteiger partial charge is 0.457 e. The van der Waals surface area contributed by atoms with Gasteiger partial charge in [0.05, 0.1) is 26.4 Å². The van der Waals surface area contributed by atoms with E-state index < -0.39 is 80.7 Å². The lowest BCUT2D eigenvalue weighted by molar-refractivity contribution is -0.332. The lowest BCUT2D eigenvalue weighted by atomic mass is 9.98. The molecule has 0 amide bonds. The minimum absolute atomic E-state index is 0.0633. The van der Waals surface area contributed by atoms with Gasteiger partial charge in [0.25, 0.3) is 0 Å². The summed E-state index contributed by atoms with van der Waals surface area (Å²) in [7, 11) is 0. The van der Waals surface area contributed by atoms with Gasteiger partial charge in [-0.1, -0.05) is 148 Å². The Morgan fingerprint density at radius 1 is 0.525 bits per heavy atom. The number of carbonyl (C=O) groups excluding carboxylic acids is 1. The maximum Gasteiger partial charge on any atom is 0.306 e. The molecule has 0 aromatic rings. The van der Waals surface area contributed by atoms with Crippen molar-refractivity contribution < 1.29 is 69.0 Å². The van der Waals surface area contributed by atoms with E-state index in [1.165, 1.54) is 96.3 Å². The molecule has 0 aromatic carbocycles. The van der Waals surface area contributed by atoms with E-state index in [2.05, 4.69) is 26.0 Å². The molecule has 0 radical (unpaired) electrons. The Bertz CT molecular complexity index is 1060. The first-order chi connectivity index (χ1) is 29.6. The molecule has 11 atom stereocenters. The quantitative estimate of drug-likeness (QED) is 0.0206. The van der Waals surface area contributed by atoms with Crippen LogP contribution in [0.1, 0.15) is 181 Å². The lowest BCUT2D eigenvalue weighted by Gasteiger charge is -2.42. The predicted molar refractivity (Wildman–Crippen MR) is 234 cm³/mol. The topological polar surface area (TPSA) is 214 Å². The fraction of sp³-hybridized carbons (Fsp3) is 0.936. The molecule has 2 fully saturated rings. The SMILES string of the molecule is CCCCCCCC/C=C\CCCCCCCC(=O)OC(COCCCCCCCCCCCCCC)COC1OC(COC2OC(CO)C(O)C(O)C2O)C(O)C(O)C1O. The van der Waals surface area contributed by atoms with Crippen LogP contribution in [0.25, 0.3) is 0 Å². The summed E-state index contributed by atoms with van der Waals surface area (Å²) in [5, 5.41) is 72.0. The number of hydrogen-bond donors (Lipinski definition) is 7. The molecule has 14 nitrogen and oxygen atoms in total. The monoisotopic (exact) mass is 877 g/mol. The van der Waals surface area contributed by atoms with Crippen molar-refractivity contribution in [2.45, 2.75) is 248 Å². The van der Waals surface area contributed by atoms with Gasteiger partial charge in [0.15, 0.2) is 12.6 Å². The molecule has 0 bridgehead atoms. The zero-order valence-electron chi connectivity index (χ0n) is 37.9. The summed E-state index contributed by atoms with van der Waals surface area (Å²) < 4.78 is 34.2. The molecule has 14 heteroatoms. The fourth-order valence-electron chi connectivity index (χ4n) is 7.75. The second-order valence-corrected chi connectivity index (χ2v) is 17.3. The van der Waals surface area contributed by atoms with Gasteiger partial charge < -0.3 is 64.2 Å². The van der Waals surface area contributed by atoms with Crippen LogP contribution in [0, 0.1) is 0 Å². The van der Waals surface area contributed by atoms with Gasteiger partial charge in [-0.05, 0) is 38.5 Å². The third-order valence-electron chi connectivity index (χ3n) is 11.8. The Morgan fingerprint density at radius 2 is 0.967 bits per heavy atom. The van der Waals surface area contributed by atoms with Crippen molar-refractivity contribution in [3.63, 3.8) is 0 Å². The van der Waals surface area contributed by atoms with Crippen LogP contribution in [0.15, 0.2) is 12.2 Å². The zero-order valence-corrected chi connectivity index (χ0v) is 37.9. The molecule has 11 unspecified atom stereocenters. The highest BCUT2D eigenvalue weighted by Crippen LogP contribution is 2.26. The highest BCUT2D eigenvalue weighted by Gasteiger charge is 2.47. The Balaban J connectivity index is 1.80. The van der Waals surface area contributed by atoms with Gasteiger partial charge in [-0.2, -0.15) is 0 Å². The fourth-order valence-corrected chi connectivity index (χ4v) is 7.75. The highest BCUT2D eigenvalue weighted by atomic mass is 16.7. The summed E-state index contributed by atoms with van der Waals surface area (Å²) in [6, 6.07) is 0. The molecule has 2 heterocycles. The molecule has 0 aliphatic carbocycles. The van der Waals surface area contributed by atoms with Crippen molar-refractivity contribution in [1.29, 1.82) is 0 Å². The summed E-state index contributed by atoms with van der Waals surface area (Å²) in [6.45, 7) is 3.68. The van der Waals surface area contributed by atoms with Crippen LogP contribution in [0.4, 0.5) is 0 Å². The van der Waals surface area contributed by atoms with Gasteiger partial charge in [0.2, 0.25) is 0 Å². The van der Waals surface area contributed by atoms with Crippen LogP contribution in [-0.2, 0) is 33.2 Å². The van der Waals surface area contributed by atoms with E-state index in [9.17, 15) is 40.5 Å². The highest BCUT2D eigenvalue weighted by molar-refractivity contribution is 5.69. The molecular formula is C47H88O14. The predicted octanol–water partition coefficient (Wildman–Crippen LogP) is 6.29. The van der Waals surface area contributed by atoms with Gasteiger partial charge in [0, 0.05) is 13.0 Å². The third-order valence-corrected chi connectivity index (χ3v) is 11.8. The van der Waals surface area contributed by atoms with Gasteiger partial charge >= 0.3 is 5.97 Å². The van der Waals surface area contributed by atoms with Gasteiger partial charge in [-0.25, -0.2) is 0 Å². The molecule has 0 aromatic heterocycles. The van der Waals surface area contributed by atoms with Crippen LogP contribution in [0.5, 0.6) is 0 Å². The van der Waals surface area contributed by atoms with E-state index in [4.69, 9.17) is 28.4 Å². The van der Waals surface area contributed by atoms with E-state index in [-0.39, 0.29) is 25.6 Å². The van der Waals surface area contributed by atoms with Crippen molar-refractivity contribution in [3.05, 3.63) is 12.2 Å². The zero-order chi connectivity index (χ0) is 44.5. The van der Waals surface area contributed by atoms with E-state index in [0.29, 0.717) is 13.0 Å². The number of rotatable bonds is 38. The lowest BCUT2D eigenvalue weighted by Crippen LogP contribution is -2.61. The smallest absolute Gasteiger partial charge is 0.306 e. The minimum Gasteiger partial charge on any atom is -0.457 e. The summed E-state index contributed by atoms with van der Waals surface area (Å²) in [5.74, 6) is -0.383. The Labute approximate surface area is 367 Å². The Kier molecular flexibility index (Phi) is 33.0. The van der Waals surface area contributed by atoms with Gasteiger partial charge in [-0.15, -0.1) is 0 Å². The normalized spacial score (nSPS) is 27.5. The van der Waals surface area contributed by atoms with Crippen LogP contribution < -0.4 is 0 Å². The number of allylic oxidation sites excluding steroid dienone is 2. The summed E-state index contributed by atoms with van der Waals surface area (Å²) >= 11 is 0. The molecule has 61 heavy (non-hydrogen) atoms. The number of carbonyl (C=O) groups is 1. The molecule has 2 saturated heterocycles. The maximum absolute atomic E-state index is 13.0. The maximum atomic E-state index is 13.0. The second kappa shape index (κ2) is 36.0. The first-order valence-corrected chi connectivity index (χ1v) is 24.3. The van der Waals surface area contributed by atoms with Crippen LogP contribution in [0.3, 0.4) is 0 Å². The number of unbranched alkanes of at least 4 members (excludes halogenated alkanes) is 22. The molecule has 2 rings (SSSR count). The number of ether oxygens (including phenoxy) is 6. The van der Waals surface area contributed by atoms with Crippen LogP contribution in [0.2, 0.25) is 0 Å². The second-order valence-electron chi connectivity index (χ2n) is 17.3. The molecular weight excluding hydrogens is 789 g/mol. The molecule has 360 valence electrons. The summed E-state index contributed by atoms with van der Waals surface area (Å²) in [6.07, 6.45) is 18.4. The van der Waals surface area contributed by atoms with E-state index >= 15 is 0 Å². The average Bonchev–Trinajstić information content (AvgIpc) is 3.25.